The summed E-state index contributed by atoms with van der Waals surface area (Å²) in [6.45, 7) is 5.61. The summed E-state index contributed by atoms with van der Waals surface area (Å²) in [6, 6.07) is 0. The zero-order valence-electron chi connectivity index (χ0n) is 12.7. The van der Waals surface area contributed by atoms with Crippen molar-refractivity contribution >= 4 is 5.97 Å². The molecule has 5 heteroatoms. The summed E-state index contributed by atoms with van der Waals surface area (Å²) in [5.41, 5.74) is -0.102. The van der Waals surface area contributed by atoms with Gasteiger partial charge in [0.15, 0.2) is 0 Å². The van der Waals surface area contributed by atoms with Gasteiger partial charge in [0.25, 0.3) is 0 Å². The zero-order valence-corrected chi connectivity index (χ0v) is 12.7. The number of rotatable bonds is 5. The van der Waals surface area contributed by atoms with E-state index in [1.165, 1.54) is 0 Å². The van der Waals surface area contributed by atoms with Crippen LogP contribution >= 0.6 is 0 Å². The quantitative estimate of drug-likeness (QED) is 0.718. The molecular formula is C15H27NO4. The molecule has 0 radical (unpaired) electrons. The van der Waals surface area contributed by atoms with Crippen LogP contribution in [0.15, 0.2) is 0 Å². The second-order valence-corrected chi connectivity index (χ2v) is 5.76. The van der Waals surface area contributed by atoms with Crippen LogP contribution in [-0.4, -0.2) is 62.5 Å². The number of hydrogen-bond donors (Lipinski definition) is 0. The third-order valence-corrected chi connectivity index (χ3v) is 4.57. The van der Waals surface area contributed by atoms with E-state index in [2.05, 4.69) is 4.90 Å². The highest BCUT2D eigenvalue weighted by molar-refractivity contribution is 5.71. The molecule has 116 valence electrons. The summed E-state index contributed by atoms with van der Waals surface area (Å²) in [4.78, 5) is 14.5. The maximum Gasteiger partial charge on any atom is 0.307 e. The summed E-state index contributed by atoms with van der Waals surface area (Å²) in [6.07, 6.45) is 4.89. The molecule has 20 heavy (non-hydrogen) atoms. The van der Waals surface area contributed by atoms with E-state index in [9.17, 15) is 4.79 Å². The van der Waals surface area contributed by atoms with Crippen LogP contribution in [-0.2, 0) is 19.0 Å². The van der Waals surface area contributed by atoms with Gasteiger partial charge in [0.05, 0.1) is 32.3 Å². The average molecular weight is 285 g/mol. The standard InChI is InChI=1S/C15H27NO4/c1-3-20-14(17)12-15(16-7-9-19-10-8-16)6-4-5-13(11-15)18-2/h13H,3-12H2,1-2H3. The normalized spacial score (nSPS) is 32.0. The Labute approximate surface area is 121 Å². The van der Waals surface area contributed by atoms with Gasteiger partial charge in [-0.05, 0) is 32.6 Å². The molecule has 1 aliphatic heterocycles. The highest BCUT2D eigenvalue weighted by atomic mass is 16.5. The molecule has 5 nitrogen and oxygen atoms in total. The predicted molar refractivity (Wildman–Crippen MR) is 75.6 cm³/mol. The first-order valence-electron chi connectivity index (χ1n) is 7.71. The first-order valence-corrected chi connectivity index (χ1v) is 7.71. The fraction of sp³-hybridized carbons (Fsp3) is 0.933. The number of morpholine rings is 1. The first kappa shape index (κ1) is 15.7. The van der Waals surface area contributed by atoms with Crippen molar-refractivity contribution in [1.82, 2.24) is 4.90 Å². The number of carbonyl (C=O) groups is 1. The van der Waals surface area contributed by atoms with E-state index in [1.807, 2.05) is 6.92 Å². The molecule has 0 aromatic carbocycles. The van der Waals surface area contributed by atoms with Crippen LogP contribution in [0.2, 0.25) is 0 Å². The molecule has 2 unspecified atom stereocenters. The minimum atomic E-state index is -0.102. The van der Waals surface area contributed by atoms with Crippen LogP contribution in [0.3, 0.4) is 0 Å². The Morgan fingerprint density at radius 2 is 2.15 bits per heavy atom. The Balaban J connectivity index is 2.10. The topological polar surface area (TPSA) is 48.0 Å². The van der Waals surface area contributed by atoms with E-state index < -0.39 is 0 Å². The highest BCUT2D eigenvalue weighted by Crippen LogP contribution is 2.38. The molecule has 2 fully saturated rings. The Morgan fingerprint density at radius 1 is 1.40 bits per heavy atom. The lowest BCUT2D eigenvalue weighted by atomic mass is 9.76. The van der Waals surface area contributed by atoms with Gasteiger partial charge in [-0.1, -0.05) is 0 Å². The number of hydrogen-bond acceptors (Lipinski definition) is 5. The van der Waals surface area contributed by atoms with Crippen molar-refractivity contribution in [3.63, 3.8) is 0 Å². The van der Waals surface area contributed by atoms with E-state index in [1.54, 1.807) is 7.11 Å². The second kappa shape index (κ2) is 7.38. The summed E-state index contributed by atoms with van der Waals surface area (Å²) in [7, 11) is 1.77. The molecule has 2 atom stereocenters. The van der Waals surface area contributed by atoms with Crippen LogP contribution in [0.5, 0.6) is 0 Å². The van der Waals surface area contributed by atoms with Crippen molar-refractivity contribution < 1.29 is 19.0 Å². The van der Waals surface area contributed by atoms with Gasteiger partial charge >= 0.3 is 5.97 Å². The van der Waals surface area contributed by atoms with Crippen molar-refractivity contribution in [3.05, 3.63) is 0 Å². The van der Waals surface area contributed by atoms with Crippen molar-refractivity contribution in [2.45, 2.75) is 50.7 Å². The molecule has 0 bridgehead atoms. The van der Waals surface area contributed by atoms with E-state index in [-0.39, 0.29) is 17.6 Å². The van der Waals surface area contributed by atoms with Gasteiger partial charge in [0, 0.05) is 25.7 Å². The molecule has 0 spiro atoms. The molecule has 0 amide bonds. The summed E-state index contributed by atoms with van der Waals surface area (Å²) in [5, 5.41) is 0. The Hall–Kier alpha value is -0.650. The Bertz CT molecular complexity index is 317. The lowest BCUT2D eigenvalue weighted by molar-refractivity contribution is -0.150. The maximum atomic E-state index is 12.0. The summed E-state index contributed by atoms with van der Waals surface area (Å²) >= 11 is 0. The fourth-order valence-corrected chi connectivity index (χ4v) is 3.57. The van der Waals surface area contributed by atoms with Crippen molar-refractivity contribution in [2.75, 3.05) is 40.0 Å². The van der Waals surface area contributed by atoms with E-state index in [0.717, 1.165) is 52.0 Å². The molecule has 1 aliphatic carbocycles. The van der Waals surface area contributed by atoms with Gasteiger partial charge in [0.1, 0.15) is 0 Å². The van der Waals surface area contributed by atoms with Gasteiger partial charge in [-0.3, -0.25) is 9.69 Å². The SMILES string of the molecule is CCOC(=O)CC1(N2CCOCC2)CCCC(OC)C1. The number of ether oxygens (including phenoxy) is 3. The van der Waals surface area contributed by atoms with Crippen molar-refractivity contribution in [3.8, 4) is 0 Å². The van der Waals surface area contributed by atoms with Crippen LogP contribution in [0, 0.1) is 0 Å². The van der Waals surface area contributed by atoms with Crippen molar-refractivity contribution in [2.24, 2.45) is 0 Å². The predicted octanol–water partition coefficient (Wildman–Crippen LogP) is 1.60. The van der Waals surface area contributed by atoms with Crippen LogP contribution in [0.1, 0.15) is 39.0 Å². The molecule has 1 saturated heterocycles. The maximum absolute atomic E-state index is 12.0. The molecule has 2 rings (SSSR count). The van der Waals surface area contributed by atoms with Crippen LogP contribution in [0.4, 0.5) is 0 Å². The van der Waals surface area contributed by atoms with Gasteiger partial charge < -0.3 is 14.2 Å². The fourth-order valence-electron chi connectivity index (χ4n) is 3.57. The van der Waals surface area contributed by atoms with Gasteiger partial charge in [-0.25, -0.2) is 0 Å². The van der Waals surface area contributed by atoms with E-state index in [0.29, 0.717) is 13.0 Å². The lowest BCUT2D eigenvalue weighted by Crippen LogP contribution is -2.57. The smallest absolute Gasteiger partial charge is 0.307 e. The summed E-state index contributed by atoms with van der Waals surface area (Å²) < 4.78 is 16.2. The summed E-state index contributed by atoms with van der Waals surface area (Å²) in [5.74, 6) is -0.0873. The van der Waals surface area contributed by atoms with Gasteiger partial charge in [-0.2, -0.15) is 0 Å². The largest absolute Gasteiger partial charge is 0.466 e. The average Bonchev–Trinajstić information content (AvgIpc) is 2.48. The first-order chi connectivity index (χ1) is 9.70. The number of carbonyl (C=O) groups excluding carboxylic acids is 1. The van der Waals surface area contributed by atoms with Crippen LogP contribution < -0.4 is 0 Å². The van der Waals surface area contributed by atoms with Crippen LogP contribution in [0.25, 0.3) is 0 Å². The Kier molecular flexibility index (Phi) is 5.81. The van der Waals surface area contributed by atoms with E-state index >= 15 is 0 Å². The molecule has 0 aromatic heterocycles. The molecule has 0 aromatic rings. The second-order valence-electron chi connectivity index (χ2n) is 5.76. The number of nitrogens with zero attached hydrogens (tertiary/aromatic N) is 1. The van der Waals surface area contributed by atoms with Crippen molar-refractivity contribution in [1.29, 1.82) is 0 Å². The Morgan fingerprint density at radius 3 is 2.80 bits per heavy atom. The van der Waals surface area contributed by atoms with E-state index in [4.69, 9.17) is 14.2 Å². The molecule has 1 saturated carbocycles. The number of methoxy groups -OCH3 is 1. The van der Waals surface area contributed by atoms with Gasteiger partial charge in [0.2, 0.25) is 0 Å². The molecular weight excluding hydrogens is 258 g/mol. The lowest BCUT2D eigenvalue weighted by Gasteiger charge is -2.49. The molecule has 2 aliphatic rings. The zero-order chi connectivity index (χ0) is 14.4. The third kappa shape index (κ3) is 3.71. The highest BCUT2D eigenvalue weighted by Gasteiger charge is 2.43. The monoisotopic (exact) mass is 285 g/mol. The molecule has 1 heterocycles. The number of esters is 1. The molecule has 0 N–H and O–H groups in total. The van der Waals surface area contributed by atoms with Gasteiger partial charge in [-0.15, -0.1) is 0 Å². The third-order valence-electron chi connectivity index (χ3n) is 4.57. The minimum absolute atomic E-state index is 0.0873. The minimum Gasteiger partial charge on any atom is -0.466 e.